The van der Waals surface area contributed by atoms with Crippen LogP contribution in [0.15, 0.2) is 0 Å². The van der Waals surface area contributed by atoms with E-state index in [1.807, 2.05) is 7.05 Å². The fourth-order valence-corrected chi connectivity index (χ4v) is 3.41. The van der Waals surface area contributed by atoms with Gasteiger partial charge < -0.3 is 4.57 Å². The molecule has 0 N–H and O–H groups in total. The van der Waals surface area contributed by atoms with Gasteiger partial charge in [-0.25, -0.2) is 13.8 Å². The molecule has 2 aliphatic rings. The van der Waals surface area contributed by atoms with Gasteiger partial charge >= 0.3 is 0 Å². The van der Waals surface area contributed by atoms with E-state index in [2.05, 4.69) is 14.5 Å². The van der Waals surface area contributed by atoms with Crippen LogP contribution in [-0.2, 0) is 13.1 Å². The Hall–Kier alpha value is -1.30. The molecule has 0 atom stereocenters. The summed E-state index contributed by atoms with van der Waals surface area (Å²) in [6.45, 7) is 3.91. The summed E-state index contributed by atoms with van der Waals surface area (Å²) < 4.78 is 28.8. The van der Waals surface area contributed by atoms with Gasteiger partial charge in [-0.3, -0.25) is 9.69 Å². The molecule has 3 rings (SSSR count). The molecule has 0 saturated heterocycles. The quantitative estimate of drug-likeness (QED) is 0.788. The van der Waals surface area contributed by atoms with Crippen LogP contribution in [0.4, 0.5) is 8.78 Å². The molecule has 0 aromatic carbocycles. The fraction of sp³-hybridized carbons (Fsp3) is 0.733. The summed E-state index contributed by atoms with van der Waals surface area (Å²) in [6, 6.07) is 0. The van der Waals surface area contributed by atoms with Crippen molar-refractivity contribution in [2.24, 2.45) is 0 Å². The van der Waals surface area contributed by atoms with Gasteiger partial charge in [0.15, 0.2) is 5.78 Å². The smallest absolute Gasteiger partial charge is 0.248 e. The molecule has 0 spiro atoms. The van der Waals surface area contributed by atoms with Crippen molar-refractivity contribution in [3.8, 4) is 0 Å². The average molecular weight is 297 g/mol. The molecular formula is C15H21F2N3O. The topological polar surface area (TPSA) is 38.1 Å². The van der Waals surface area contributed by atoms with Gasteiger partial charge in [0.25, 0.3) is 0 Å². The lowest BCUT2D eigenvalue weighted by molar-refractivity contribution is -0.0390. The zero-order valence-corrected chi connectivity index (χ0v) is 12.5. The van der Waals surface area contributed by atoms with Crippen LogP contribution in [0.1, 0.15) is 60.5 Å². The van der Waals surface area contributed by atoms with Crippen molar-refractivity contribution in [1.29, 1.82) is 0 Å². The summed E-state index contributed by atoms with van der Waals surface area (Å²) in [6.07, 6.45) is 0.762. The van der Waals surface area contributed by atoms with Gasteiger partial charge in [0.1, 0.15) is 11.5 Å². The van der Waals surface area contributed by atoms with E-state index < -0.39 is 5.92 Å². The van der Waals surface area contributed by atoms with Crippen molar-refractivity contribution in [3.63, 3.8) is 0 Å². The first-order valence-corrected chi connectivity index (χ1v) is 7.54. The number of halogens is 2. The fourth-order valence-electron chi connectivity index (χ4n) is 3.41. The molecule has 0 unspecified atom stereocenters. The van der Waals surface area contributed by atoms with Crippen LogP contribution in [0.5, 0.6) is 0 Å². The molecule has 6 heteroatoms. The summed E-state index contributed by atoms with van der Waals surface area (Å²) >= 11 is 0. The maximum atomic E-state index is 13.3. The number of carbonyl (C=O) groups excluding carboxylic acids is 1. The van der Waals surface area contributed by atoms with Crippen molar-refractivity contribution in [2.75, 3.05) is 13.6 Å². The Morgan fingerprint density at radius 3 is 2.57 bits per heavy atom. The molecule has 1 aliphatic carbocycles. The van der Waals surface area contributed by atoms with Crippen LogP contribution in [0.25, 0.3) is 0 Å². The zero-order chi connectivity index (χ0) is 15.2. The highest BCUT2D eigenvalue weighted by molar-refractivity contribution is 5.93. The number of alkyl halides is 2. The van der Waals surface area contributed by atoms with Crippen LogP contribution in [0.2, 0.25) is 0 Å². The van der Waals surface area contributed by atoms with E-state index in [0.29, 0.717) is 25.1 Å². The van der Waals surface area contributed by atoms with Crippen LogP contribution >= 0.6 is 0 Å². The summed E-state index contributed by atoms with van der Waals surface area (Å²) in [4.78, 5) is 18.5. The number of aromatic nitrogens is 2. The lowest BCUT2D eigenvalue weighted by Gasteiger charge is -2.30. The summed E-state index contributed by atoms with van der Waals surface area (Å²) in [5.74, 6) is -1.67. The standard InChI is InChI=1S/C15H21F2N3O/c1-10(21)13-12-9-19(2)7-8-20(12)14(18-13)11-3-5-15(16,17)6-4-11/h11H,3-9H2,1-2H3. The van der Waals surface area contributed by atoms with Gasteiger partial charge in [0.05, 0.1) is 5.69 Å². The minimum Gasteiger partial charge on any atom is -0.329 e. The Balaban J connectivity index is 1.93. The number of nitrogens with zero attached hydrogens (tertiary/aromatic N) is 3. The van der Waals surface area contributed by atoms with Gasteiger partial charge in [0.2, 0.25) is 5.92 Å². The molecule has 0 bridgehead atoms. The van der Waals surface area contributed by atoms with Crippen molar-refractivity contribution in [3.05, 3.63) is 17.2 Å². The van der Waals surface area contributed by atoms with Gasteiger partial charge in [-0.15, -0.1) is 0 Å². The predicted molar refractivity (Wildman–Crippen MR) is 74.7 cm³/mol. The highest BCUT2D eigenvalue weighted by Gasteiger charge is 2.38. The van der Waals surface area contributed by atoms with Gasteiger partial charge in [-0.2, -0.15) is 0 Å². The average Bonchev–Trinajstić information content (AvgIpc) is 2.77. The third-order valence-corrected chi connectivity index (χ3v) is 4.64. The Morgan fingerprint density at radius 2 is 1.95 bits per heavy atom. The second kappa shape index (κ2) is 5.16. The lowest BCUT2D eigenvalue weighted by atomic mass is 9.86. The number of likely N-dealkylation sites (N-methyl/N-ethyl adjacent to an activating group) is 1. The monoisotopic (exact) mass is 297 g/mol. The Bertz CT molecular complexity index is 558. The number of imidazole rings is 1. The van der Waals surface area contributed by atoms with Gasteiger partial charge in [0, 0.05) is 45.3 Å². The van der Waals surface area contributed by atoms with Gasteiger partial charge in [-0.05, 0) is 19.9 Å². The number of hydrogen-bond acceptors (Lipinski definition) is 3. The first-order chi connectivity index (χ1) is 9.87. The molecule has 1 aromatic rings. The first kappa shape index (κ1) is 14.6. The third kappa shape index (κ3) is 2.73. The minimum atomic E-state index is -2.53. The molecule has 1 saturated carbocycles. The highest BCUT2D eigenvalue weighted by Crippen LogP contribution is 2.41. The van der Waals surface area contributed by atoms with E-state index >= 15 is 0 Å². The summed E-state index contributed by atoms with van der Waals surface area (Å²) in [5, 5.41) is 0. The normalized spacial score (nSPS) is 23.0. The molecule has 1 fully saturated rings. The van der Waals surface area contributed by atoms with Crippen LogP contribution in [0, 0.1) is 0 Å². The van der Waals surface area contributed by atoms with E-state index in [0.717, 1.165) is 24.6 Å². The van der Waals surface area contributed by atoms with E-state index in [1.165, 1.54) is 6.92 Å². The van der Waals surface area contributed by atoms with Crippen LogP contribution in [-0.4, -0.2) is 39.7 Å². The predicted octanol–water partition coefficient (Wildman–Crippen LogP) is 2.82. The Kier molecular flexibility index (Phi) is 3.59. The van der Waals surface area contributed by atoms with Crippen LogP contribution < -0.4 is 0 Å². The SMILES string of the molecule is CC(=O)c1nc(C2CCC(F)(F)CC2)n2c1CN(C)CC2. The third-order valence-electron chi connectivity index (χ3n) is 4.64. The largest absolute Gasteiger partial charge is 0.329 e. The Morgan fingerprint density at radius 1 is 1.29 bits per heavy atom. The number of fused-ring (bicyclic) bond motifs is 1. The number of hydrogen-bond donors (Lipinski definition) is 0. The lowest BCUT2D eigenvalue weighted by Crippen LogP contribution is -2.32. The number of ketones is 1. The van der Waals surface area contributed by atoms with Crippen molar-refractivity contribution in [1.82, 2.24) is 14.5 Å². The molecule has 4 nitrogen and oxygen atoms in total. The number of rotatable bonds is 2. The molecule has 0 amide bonds. The van der Waals surface area contributed by atoms with Gasteiger partial charge in [-0.1, -0.05) is 0 Å². The van der Waals surface area contributed by atoms with Crippen molar-refractivity contribution >= 4 is 5.78 Å². The summed E-state index contributed by atoms with van der Waals surface area (Å²) in [5.41, 5.74) is 1.47. The first-order valence-electron chi connectivity index (χ1n) is 7.54. The van der Waals surface area contributed by atoms with E-state index in [4.69, 9.17) is 0 Å². The number of carbonyl (C=O) groups is 1. The zero-order valence-electron chi connectivity index (χ0n) is 12.5. The molecule has 1 aromatic heterocycles. The summed E-state index contributed by atoms with van der Waals surface area (Å²) in [7, 11) is 2.02. The number of Topliss-reactive ketones (excluding diaryl/α,β-unsaturated/α-hetero) is 1. The van der Waals surface area contributed by atoms with Crippen molar-refractivity contribution < 1.29 is 13.6 Å². The molecule has 116 valence electrons. The molecule has 1 aliphatic heterocycles. The Labute approximate surface area is 123 Å². The second-order valence-electron chi connectivity index (χ2n) is 6.34. The minimum absolute atomic E-state index is 0.0403. The van der Waals surface area contributed by atoms with E-state index in [-0.39, 0.29) is 24.5 Å². The molecule has 21 heavy (non-hydrogen) atoms. The highest BCUT2D eigenvalue weighted by atomic mass is 19.3. The van der Waals surface area contributed by atoms with E-state index in [1.54, 1.807) is 0 Å². The maximum Gasteiger partial charge on any atom is 0.248 e. The second-order valence-corrected chi connectivity index (χ2v) is 6.34. The maximum absolute atomic E-state index is 13.3. The molecular weight excluding hydrogens is 276 g/mol. The molecule has 2 heterocycles. The van der Waals surface area contributed by atoms with Crippen LogP contribution in [0.3, 0.4) is 0 Å². The van der Waals surface area contributed by atoms with E-state index in [9.17, 15) is 13.6 Å². The van der Waals surface area contributed by atoms with Crippen molar-refractivity contribution in [2.45, 2.75) is 57.5 Å². The molecule has 0 radical (unpaired) electrons.